The first-order valence-electron chi connectivity index (χ1n) is 4.19. The molecule has 6 nitrogen and oxygen atoms in total. The Labute approximate surface area is 86.6 Å². The summed E-state index contributed by atoms with van der Waals surface area (Å²) in [5, 5.41) is 23.3. The van der Waals surface area contributed by atoms with Crippen LogP contribution in [-0.2, 0) is 14.4 Å². The zero-order valence-electron chi connectivity index (χ0n) is 8.40. The van der Waals surface area contributed by atoms with Crippen LogP contribution in [0.1, 0.15) is 20.3 Å². The maximum Gasteiger partial charge on any atom is 0.217 e. The predicted molar refractivity (Wildman–Crippen MR) is 46.0 cm³/mol. The molecule has 0 bridgehead atoms. The van der Waals surface area contributed by atoms with Crippen LogP contribution in [0.4, 0.5) is 0 Å². The summed E-state index contributed by atoms with van der Waals surface area (Å²) in [5.41, 5.74) is -2.50. The second-order valence-electron chi connectivity index (χ2n) is 2.93. The number of carbonyl (C=O) groups excluding carboxylic acids is 3. The summed E-state index contributed by atoms with van der Waals surface area (Å²) in [6, 6.07) is 0. The van der Waals surface area contributed by atoms with Gasteiger partial charge in [-0.05, 0) is 13.3 Å². The number of carboxylic acid groups (broad SMARTS) is 2. The van der Waals surface area contributed by atoms with E-state index in [2.05, 4.69) is 0 Å². The van der Waals surface area contributed by atoms with Crippen molar-refractivity contribution in [3.63, 3.8) is 0 Å². The molecule has 0 rings (SSSR count). The van der Waals surface area contributed by atoms with E-state index in [0.717, 1.165) is 6.92 Å². The van der Waals surface area contributed by atoms with Crippen molar-refractivity contribution in [2.45, 2.75) is 25.8 Å². The number of nitrogens with one attached hydrogen (secondary N) is 1. The van der Waals surface area contributed by atoms with Gasteiger partial charge in [0.25, 0.3) is 0 Å². The van der Waals surface area contributed by atoms with Crippen molar-refractivity contribution >= 4 is 17.8 Å². The zero-order valence-corrected chi connectivity index (χ0v) is 8.40. The van der Waals surface area contributed by atoms with Gasteiger partial charge in [-0.15, -0.1) is 0 Å². The fourth-order valence-electron chi connectivity index (χ4n) is 0.998. The molecule has 1 N–H and O–H groups in total. The molecule has 0 aliphatic carbocycles. The molecule has 6 heteroatoms. The Morgan fingerprint density at radius 2 is 1.73 bits per heavy atom. The van der Waals surface area contributed by atoms with E-state index in [1.165, 1.54) is 12.2 Å². The number of rotatable bonds is 5. The van der Waals surface area contributed by atoms with Crippen LogP contribution in [-0.4, -0.2) is 23.4 Å². The lowest BCUT2D eigenvalue weighted by molar-refractivity contribution is -0.335. The Morgan fingerprint density at radius 3 is 2.00 bits per heavy atom. The lowest BCUT2D eigenvalue weighted by atomic mass is 9.95. The van der Waals surface area contributed by atoms with Gasteiger partial charge in [-0.1, -0.05) is 12.2 Å². The summed E-state index contributed by atoms with van der Waals surface area (Å²) >= 11 is 0. The quantitative estimate of drug-likeness (QED) is 0.395. The Balaban J connectivity index is 5.16. The summed E-state index contributed by atoms with van der Waals surface area (Å²) in [6.45, 7) is 2.60. The number of aliphatic carboxylic acids is 2. The van der Waals surface area contributed by atoms with Crippen LogP contribution >= 0.6 is 0 Å². The summed E-state index contributed by atoms with van der Waals surface area (Å²) in [5.74, 6) is -4.60. The van der Waals surface area contributed by atoms with Crippen LogP contribution in [0.5, 0.6) is 0 Å². The highest BCUT2D eigenvalue weighted by Gasteiger charge is 2.33. The van der Waals surface area contributed by atoms with Crippen LogP contribution in [0.15, 0.2) is 12.2 Å². The Kier molecular flexibility index (Phi) is 4.50. The first kappa shape index (κ1) is 13.2. The van der Waals surface area contributed by atoms with E-state index in [0.29, 0.717) is 0 Å². The van der Waals surface area contributed by atoms with Crippen molar-refractivity contribution in [1.82, 2.24) is 5.32 Å². The van der Waals surface area contributed by atoms with E-state index in [-0.39, 0.29) is 0 Å². The average molecular weight is 213 g/mol. The van der Waals surface area contributed by atoms with E-state index in [9.17, 15) is 24.6 Å². The molecule has 0 aromatic rings. The van der Waals surface area contributed by atoms with Gasteiger partial charge in [0.1, 0.15) is 5.54 Å². The van der Waals surface area contributed by atoms with Gasteiger partial charge < -0.3 is 25.1 Å². The second-order valence-corrected chi connectivity index (χ2v) is 2.93. The lowest BCUT2D eigenvalue weighted by Crippen LogP contribution is -2.68. The molecule has 0 spiro atoms. The third kappa shape index (κ3) is 3.08. The summed E-state index contributed by atoms with van der Waals surface area (Å²) in [4.78, 5) is 32.2. The summed E-state index contributed by atoms with van der Waals surface area (Å²) < 4.78 is 0. The number of allylic oxidation sites excluding steroid dienone is 1. The van der Waals surface area contributed by atoms with Crippen LogP contribution < -0.4 is 15.5 Å². The predicted octanol–water partition coefficient (Wildman–Crippen LogP) is -2.67. The molecular formula is C9H11NO5-2. The number of carboxylic acids is 2. The van der Waals surface area contributed by atoms with Gasteiger partial charge in [-0.3, -0.25) is 4.79 Å². The minimum Gasteiger partial charge on any atom is -0.547 e. The first-order chi connectivity index (χ1) is 6.86. The number of hydrogen-bond acceptors (Lipinski definition) is 5. The molecule has 0 heterocycles. The third-order valence-corrected chi connectivity index (χ3v) is 1.75. The molecule has 0 radical (unpaired) electrons. The first-order valence-corrected chi connectivity index (χ1v) is 4.19. The van der Waals surface area contributed by atoms with Crippen LogP contribution in [0.2, 0.25) is 0 Å². The molecule has 0 aromatic heterocycles. The van der Waals surface area contributed by atoms with Crippen molar-refractivity contribution < 1.29 is 24.6 Å². The Bertz CT molecular complexity index is 294. The van der Waals surface area contributed by atoms with Gasteiger partial charge in [0.15, 0.2) is 0 Å². The molecule has 15 heavy (non-hydrogen) atoms. The molecule has 0 aromatic carbocycles. The molecule has 0 saturated heterocycles. The standard InChI is InChI=1S/C9H13NO5/c1-3-4-5-9(7(12)13,8(14)15)10-6(2)11/h3-4H,5H2,1-2H3,(H,10,11)(H,12,13)(H,14,15)/p-2/b4-3+. The van der Waals surface area contributed by atoms with E-state index in [1.807, 2.05) is 5.32 Å². The monoisotopic (exact) mass is 213 g/mol. The fourth-order valence-corrected chi connectivity index (χ4v) is 0.998. The minimum absolute atomic E-state index is 0.423. The molecule has 0 saturated carbocycles. The molecule has 0 aliphatic rings. The number of carbonyl (C=O) groups is 3. The van der Waals surface area contributed by atoms with Crippen molar-refractivity contribution in [1.29, 1.82) is 0 Å². The van der Waals surface area contributed by atoms with Gasteiger partial charge in [-0.2, -0.15) is 0 Å². The van der Waals surface area contributed by atoms with Gasteiger partial charge in [0.05, 0.1) is 11.9 Å². The molecule has 0 unspecified atom stereocenters. The fraction of sp³-hybridized carbons (Fsp3) is 0.444. The molecule has 0 aliphatic heterocycles. The van der Waals surface area contributed by atoms with Gasteiger partial charge >= 0.3 is 0 Å². The largest absolute Gasteiger partial charge is 0.547 e. The summed E-state index contributed by atoms with van der Waals surface area (Å²) in [7, 11) is 0. The van der Waals surface area contributed by atoms with Gasteiger partial charge in [0, 0.05) is 6.92 Å². The molecular weight excluding hydrogens is 202 g/mol. The highest BCUT2D eigenvalue weighted by molar-refractivity contribution is 6.04. The van der Waals surface area contributed by atoms with Gasteiger partial charge in [0.2, 0.25) is 5.91 Å². The van der Waals surface area contributed by atoms with Crippen molar-refractivity contribution in [3.05, 3.63) is 12.2 Å². The molecule has 0 atom stereocenters. The maximum absolute atomic E-state index is 10.7. The van der Waals surface area contributed by atoms with E-state index < -0.39 is 29.8 Å². The number of hydrogen-bond donors (Lipinski definition) is 1. The van der Waals surface area contributed by atoms with Crippen molar-refractivity contribution in [3.8, 4) is 0 Å². The topological polar surface area (TPSA) is 109 Å². The van der Waals surface area contributed by atoms with Crippen LogP contribution in [0, 0.1) is 0 Å². The van der Waals surface area contributed by atoms with Crippen LogP contribution in [0.25, 0.3) is 0 Å². The minimum atomic E-state index is -2.50. The highest BCUT2D eigenvalue weighted by Crippen LogP contribution is 2.10. The molecule has 0 fully saturated rings. The molecule has 1 amide bonds. The van der Waals surface area contributed by atoms with Crippen molar-refractivity contribution in [2.24, 2.45) is 0 Å². The maximum atomic E-state index is 10.7. The highest BCUT2D eigenvalue weighted by atomic mass is 16.4. The Hall–Kier alpha value is -1.85. The number of amides is 1. The zero-order chi connectivity index (χ0) is 12.1. The van der Waals surface area contributed by atoms with Gasteiger partial charge in [-0.25, -0.2) is 0 Å². The van der Waals surface area contributed by atoms with E-state index in [1.54, 1.807) is 6.92 Å². The normalized spacial score (nSPS) is 11.3. The van der Waals surface area contributed by atoms with E-state index in [4.69, 9.17) is 0 Å². The van der Waals surface area contributed by atoms with Crippen molar-refractivity contribution in [2.75, 3.05) is 0 Å². The average Bonchev–Trinajstić information content (AvgIpc) is 2.10. The lowest BCUT2D eigenvalue weighted by Gasteiger charge is -2.35. The smallest absolute Gasteiger partial charge is 0.217 e. The molecule has 84 valence electrons. The SMILES string of the molecule is C/C=C/CC(NC(C)=O)(C(=O)[O-])C(=O)[O-]. The third-order valence-electron chi connectivity index (χ3n) is 1.75. The summed E-state index contributed by atoms with van der Waals surface area (Å²) in [6.07, 6.45) is 2.33. The van der Waals surface area contributed by atoms with Crippen LogP contribution in [0.3, 0.4) is 0 Å². The Morgan fingerprint density at radius 1 is 1.27 bits per heavy atom. The second kappa shape index (κ2) is 5.14. The van der Waals surface area contributed by atoms with E-state index >= 15 is 0 Å².